The molecule has 0 aliphatic heterocycles. The van der Waals surface area contributed by atoms with Crippen molar-refractivity contribution in [3.63, 3.8) is 0 Å². The number of rotatable bonds is 9. The molecule has 0 atom stereocenters. The quantitative estimate of drug-likeness (QED) is 0.346. The fourth-order valence-electron chi connectivity index (χ4n) is 3.61. The number of carbonyl (C=O) groups is 2. The second-order valence-corrected chi connectivity index (χ2v) is 8.84. The van der Waals surface area contributed by atoms with E-state index in [0.29, 0.717) is 35.2 Å². The van der Waals surface area contributed by atoms with Gasteiger partial charge in [-0.05, 0) is 56.2 Å². The number of aryl methyl sites for hydroxylation is 2. The number of aromatic nitrogens is 4. The highest BCUT2D eigenvalue weighted by Gasteiger charge is 2.15. The number of ether oxygens (including phenoxy) is 1. The Balaban J connectivity index is 1.34. The van der Waals surface area contributed by atoms with E-state index in [9.17, 15) is 9.59 Å². The smallest absolute Gasteiger partial charge is 0.256 e. The minimum atomic E-state index is -0.248. The van der Waals surface area contributed by atoms with E-state index in [4.69, 9.17) is 4.74 Å². The molecule has 2 aromatic carbocycles. The highest BCUT2D eigenvalue weighted by molar-refractivity contribution is 7.99. The third kappa shape index (κ3) is 5.96. The zero-order valence-electron chi connectivity index (χ0n) is 19.7. The third-order valence-electron chi connectivity index (χ3n) is 5.30. The molecule has 4 aromatic rings. The maximum atomic E-state index is 12.8. The first-order valence-corrected chi connectivity index (χ1v) is 12.1. The number of carbonyl (C=O) groups excluding carboxylic acids is 2. The standard InChI is InChI=1S/C25H26N6O3S/c1-16-14-17(2)31-24(27-16)29-30-25(31)35-15-22(32)28-21-7-5-4-6-20(21)23(33)26-13-12-18-8-10-19(34-3)11-9-18/h4-11,14H,12-13,15H2,1-3H3,(H,26,33)(H,28,32). The summed E-state index contributed by atoms with van der Waals surface area (Å²) in [6.45, 7) is 4.31. The SMILES string of the molecule is COc1ccc(CCNC(=O)c2ccccc2NC(=O)CSc2nnc3nc(C)cc(C)n23)cc1. The molecule has 2 aromatic heterocycles. The molecule has 35 heavy (non-hydrogen) atoms. The Hall–Kier alpha value is -3.92. The Morgan fingerprint density at radius 3 is 2.60 bits per heavy atom. The maximum Gasteiger partial charge on any atom is 0.256 e. The van der Waals surface area contributed by atoms with Crippen molar-refractivity contribution in [1.82, 2.24) is 24.9 Å². The maximum absolute atomic E-state index is 12.8. The molecule has 4 rings (SSSR count). The average Bonchev–Trinajstić information content (AvgIpc) is 3.26. The van der Waals surface area contributed by atoms with Crippen LogP contribution in [0, 0.1) is 13.8 Å². The number of benzene rings is 2. The average molecular weight is 491 g/mol. The fraction of sp³-hybridized carbons (Fsp3) is 0.240. The van der Waals surface area contributed by atoms with Gasteiger partial charge < -0.3 is 15.4 Å². The second-order valence-electron chi connectivity index (χ2n) is 7.89. The summed E-state index contributed by atoms with van der Waals surface area (Å²) in [5.74, 6) is 0.911. The highest BCUT2D eigenvalue weighted by atomic mass is 32.2. The molecule has 2 heterocycles. The van der Waals surface area contributed by atoms with Crippen LogP contribution in [-0.4, -0.2) is 50.8 Å². The van der Waals surface area contributed by atoms with Gasteiger partial charge in [0.25, 0.3) is 11.7 Å². The molecule has 0 bridgehead atoms. The van der Waals surface area contributed by atoms with Crippen molar-refractivity contribution in [3.05, 3.63) is 77.1 Å². The van der Waals surface area contributed by atoms with Crippen LogP contribution in [0.4, 0.5) is 5.69 Å². The van der Waals surface area contributed by atoms with E-state index in [-0.39, 0.29) is 17.6 Å². The van der Waals surface area contributed by atoms with Crippen LogP contribution in [0.15, 0.2) is 59.8 Å². The predicted octanol–water partition coefficient (Wildman–Crippen LogP) is 3.45. The van der Waals surface area contributed by atoms with E-state index in [1.807, 2.05) is 48.6 Å². The summed E-state index contributed by atoms with van der Waals surface area (Å²) >= 11 is 1.26. The van der Waals surface area contributed by atoms with Gasteiger partial charge in [0.1, 0.15) is 5.75 Å². The number of thioether (sulfide) groups is 1. The van der Waals surface area contributed by atoms with Crippen LogP contribution in [0.5, 0.6) is 5.75 Å². The summed E-state index contributed by atoms with van der Waals surface area (Å²) in [7, 11) is 1.63. The molecule has 0 saturated carbocycles. The van der Waals surface area contributed by atoms with Crippen LogP contribution in [0.25, 0.3) is 5.78 Å². The van der Waals surface area contributed by atoms with Gasteiger partial charge in [0, 0.05) is 17.9 Å². The molecule has 0 aliphatic rings. The topological polar surface area (TPSA) is 111 Å². The van der Waals surface area contributed by atoms with E-state index in [2.05, 4.69) is 25.8 Å². The molecule has 9 nitrogen and oxygen atoms in total. The number of para-hydroxylation sites is 1. The number of methoxy groups -OCH3 is 1. The number of fused-ring (bicyclic) bond motifs is 1. The molecular weight excluding hydrogens is 464 g/mol. The molecule has 0 saturated heterocycles. The largest absolute Gasteiger partial charge is 0.497 e. The van der Waals surface area contributed by atoms with E-state index in [1.165, 1.54) is 11.8 Å². The van der Waals surface area contributed by atoms with E-state index >= 15 is 0 Å². The highest BCUT2D eigenvalue weighted by Crippen LogP contribution is 2.20. The molecule has 180 valence electrons. The van der Waals surface area contributed by atoms with Gasteiger partial charge >= 0.3 is 0 Å². The normalized spacial score (nSPS) is 10.8. The minimum Gasteiger partial charge on any atom is -0.497 e. The third-order valence-corrected chi connectivity index (χ3v) is 6.23. The van der Waals surface area contributed by atoms with Gasteiger partial charge in [0.05, 0.1) is 24.1 Å². The van der Waals surface area contributed by atoms with Gasteiger partial charge in [-0.2, -0.15) is 0 Å². The number of amides is 2. The summed E-state index contributed by atoms with van der Waals surface area (Å²) in [5, 5.41) is 14.6. The molecule has 0 spiro atoms. The van der Waals surface area contributed by atoms with Gasteiger partial charge in [-0.25, -0.2) is 4.98 Å². The van der Waals surface area contributed by atoms with Crippen molar-refractivity contribution in [2.24, 2.45) is 0 Å². The predicted molar refractivity (Wildman–Crippen MR) is 135 cm³/mol. The van der Waals surface area contributed by atoms with Crippen molar-refractivity contribution < 1.29 is 14.3 Å². The molecular formula is C25H26N6O3S. The first-order valence-electron chi connectivity index (χ1n) is 11.1. The van der Waals surface area contributed by atoms with Crippen molar-refractivity contribution >= 4 is 35.0 Å². The van der Waals surface area contributed by atoms with E-state index < -0.39 is 0 Å². The zero-order chi connectivity index (χ0) is 24.8. The van der Waals surface area contributed by atoms with Gasteiger partial charge in [0.15, 0.2) is 5.16 Å². The van der Waals surface area contributed by atoms with Crippen LogP contribution in [0.3, 0.4) is 0 Å². The molecule has 10 heteroatoms. The summed E-state index contributed by atoms with van der Waals surface area (Å²) < 4.78 is 6.98. The lowest BCUT2D eigenvalue weighted by atomic mass is 10.1. The van der Waals surface area contributed by atoms with Gasteiger partial charge in [0.2, 0.25) is 5.91 Å². The summed E-state index contributed by atoms with van der Waals surface area (Å²) in [6, 6.07) is 16.6. The van der Waals surface area contributed by atoms with Gasteiger partial charge in [-0.1, -0.05) is 36.0 Å². The Morgan fingerprint density at radius 1 is 1.06 bits per heavy atom. The van der Waals surface area contributed by atoms with Crippen LogP contribution in [0.1, 0.15) is 27.3 Å². The molecule has 0 unspecified atom stereocenters. The minimum absolute atomic E-state index is 0.113. The van der Waals surface area contributed by atoms with Gasteiger partial charge in [-0.3, -0.25) is 14.0 Å². The second kappa shape index (κ2) is 11.0. The van der Waals surface area contributed by atoms with Crippen molar-refractivity contribution in [2.75, 3.05) is 24.7 Å². The lowest BCUT2D eigenvalue weighted by Gasteiger charge is -2.11. The van der Waals surface area contributed by atoms with Crippen LogP contribution >= 0.6 is 11.8 Å². The number of hydrogen-bond acceptors (Lipinski definition) is 7. The molecule has 0 fully saturated rings. The van der Waals surface area contributed by atoms with E-state index in [0.717, 1.165) is 22.7 Å². The number of nitrogens with zero attached hydrogens (tertiary/aromatic N) is 4. The Bertz CT molecular complexity index is 1350. The number of hydrogen-bond donors (Lipinski definition) is 2. The fourth-order valence-corrected chi connectivity index (χ4v) is 4.39. The number of anilines is 1. The first kappa shape index (κ1) is 24.2. The van der Waals surface area contributed by atoms with Crippen LogP contribution in [-0.2, 0) is 11.2 Å². The monoisotopic (exact) mass is 490 g/mol. The van der Waals surface area contributed by atoms with Crippen LogP contribution < -0.4 is 15.4 Å². The summed E-state index contributed by atoms with van der Waals surface area (Å²) in [4.78, 5) is 29.8. The van der Waals surface area contributed by atoms with Crippen molar-refractivity contribution in [3.8, 4) is 5.75 Å². The van der Waals surface area contributed by atoms with Crippen molar-refractivity contribution in [2.45, 2.75) is 25.4 Å². The Kier molecular flexibility index (Phi) is 7.61. The molecule has 2 amide bonds. The van der Waals surface area contributed by atoms with Crippen LogP contribution in [0.2, 0.25) is 0 Å². The molecule has 0 radical (unpaired) electrons. The summed E-state index contributed by atoms with van der Waals surface area (Å²) in [6.07, 6.45) is 0.682. The Morgan fingerprint density at radius 2 is 1.83 bits per heavy atom. The van der Waals surface area contributed by atoms with E-state index in [1.54, 1.807) is 31.4 Å². The molecule has 2 N–H and O–H groups in total. The molecule has 0 aliphatic carbocycles. The summed E-state index contributed by atoms with van der Waals surface area (Å²) in [5.41, 5.74) is 3.75. The zero-order valence-corrected chi connectivity index (χ0v) is 20.6. The van der Waals surface area contributed by atoms with Crippen molar-refractivity contribution in [1.29, 1.82) is 0 Å². The lowest BCUT2D eigenvalue weighted by molar-refractivity contribution is -0.113. The first-order chi connectivity index (χ1) is 16.9. The lowest BCUT2D eigenvalue weighted by Crippen LogP contribution is -2.27. The van der Waals surface area contributed by atoms with Gasteiger partial charge in [-0.15, -0.1) is 10.2 Å². The number of nitrogens with one attached hydrogen (secondary N) is 2. The Labute approximate surface area is 207 Å².